The monoisotopic (exact) mass is 579 g/mol. The number of hydrogen-bond acceptors (Lipinski definition) is 6. The number of hydrogen-bond donors (Lipinski definition) is 1. The number of carbonyl (C=O) groups is 3. The summed E-state index contributed by atoms with van der Waals surface area (Å²) in [5.41, 5.74) is 4.04. The van der Waals surface area contributed by atoms with Gasteiger partial charge < -0.3 is 24.0 Å². The van der Waals surface area contributed by atoms with Gasteiger partial charge in [-0.3, -0.25) is 14.6 Å². The normalized spacial score (nSPS) is 17.5. The number of aromatic carboxylic acids is 1. The van der Waals surface area contributed by atoms with E-state index in [4.69, 9.17) is 9.47 Å². The third-order valence-electron chi connectivity index (χ3n) is 8.94. The second kappa shape index (κ2) is 10.3. The molecule has 0 radical (unpaired) electrons. The molecule has 7 rings (SSSR count). The van der Waals surface area contributed by atoms with E-state index < -0.39 is 11.6 Å². The number of amides is 1. The SMILES string of the molecule is CCOc1cc(C(=O)N2CCC3(CC2)CC(=O)c2cc(-c4cncc(C(=O)O)c4)ccc2O3)cc2c1c(C)cn2C1CC1. The number of ketones is 1. The molecule has 2 aliphatic heterocycles. The molecule has 1 N–H and O–H groups in total. The minimum absolute atomic E-state index is 0.0201. The highest BCUT2D eigenvalue weighted by atomic mass is 16.5. The van der Waals surface area contributed by atoms with Crippen LogP contribution in [0.25, 0.3) is 22.0 Å². The Labute approximate surface area is 249 Å². The number of aryl methyl sites for hydroxylation is 1. The van der Waals surface area contributed by atoms with Crippen LogP contribution in [0.2, 0.25) is 0 Å². The van der Waals surface area contributed by atoms with E-state index in [1.807, 2.05) is 30.0 Å². The first kappa shape index (κ1) is 27.2. The summed E-state index contributed by atoms with van der Waals surface area (Å²) in [7, 11) is 0. The van der Waals surface area contributed by atoms with E-state index >= 15 is 0 Å². The zero-order valence-electron chi connectivity index (χ0n) is 24.3. The highest BCUT2D eigenvalue weighted by Crippen LogP contribution is 2.43. The molecule has 1 spiro atoms. The molecule has 0 bridgehead atoms. The maximum atomic E-state index is 13.8. The first-order chi connectivity index (χ1) is 20.7. The van der Waals surface area contributed by atoms with Crippen molar-refractivity contribution in [2.24, 2.45) is 0 Å². The Hall–Kier alpha value is -4.66. The standard InChI is InChI=1S/C34H33N3O6/c1-3-42-30-15-22(14-27-31(30)20(2)19-37(27)25-5-6-25)32(39)36-10-8-34(9-11-36)16-28(38)26-13-21(4-7-29(26)43-34)23-12-24(33(40)41)18-35-17-23/h4,7,12-15,17-19,25H,3,5-6,8-11,16H2,1-2H3,(H,40,41). The Morgan fingerprint density at radius 2 is 1.86 bits per heavy atom. The lowest BCUT2D eigenvalue weighted by molar-refractivity contribution is -0.00572. The predicted octanol–water partition coefficient (Wildman–Crippen LogP) is 6.08. The van der Waals surface area contributed by atoms with E-state index in [0.717, 1.165) is 35.1 Å². The van der Waals surface area contributed by atoms with Crippen LogP contribution in [0, 0.1) is 6.92 Å². The van der Waals surface area contributed by atoms with Gasteiger partial charge in [-0.2, -0.15) is 0 Å². The summed E-state index contributed by atoms with van der Waals surface area (Å²) in [6, 6.07) is 11.2. The number of aromatic nitrogens is 2. The number of carbonyl (C=O) groups excluding carboxylic acids is 2. The number of carboxylic acids is 1. The third kappa shape index (κ3) is 4.82. The lowest BCUT2D eigenvalue weighted by Crippen LogP contribution is -2.52. The maximum Gasteiger partial charge on any atom is 0.337 e. The van der Waals surface area contributed by atoms with Gasteiger partial charge in [0.1, 0.15) is 17.1 Å². The van der Waals surface area contributed by atoms with Gasteiger partial charge in [0.15, 0.2) is 5.78 Å². The highest BCUT2D eigenvalue weighted by molar-refractivity contribution is 6.03. The van der Waals surface area contributed by atoms with Gasteiger partial charge in [-0.15, -0.1) is 0 Å². The number of ether oxygens (including phenoxy) is 2. The Bertz CT molecular complexity index is 1800. The van der Waals surface area contributed by atoms with Crippen LogP contribution in [-0.2, 0) is 0 Å². The summed E-state index contributed by atoms with van der Waals surface area (Å²) in [5.74, 6) is 0.148. The molecule has 1 aliphatic carbocycles. The average Bonchev–Trinajstić information content (AvgIpc) is 3.80. The van der Waals surface area contributed by atoms with Crippen LogP contribution in [0.4, 0.5) is 0 Å². The van der Waals surface area contributed by atoms with Crippen molar-refractivity contribution in [2.45, 2.75) is 57.6 Å². The maximum absolute atomic E-state index is 13.8. The van der Waals surface area contributed by atoms with Gasteiger partial charge in [-0.25, -0.2) is 4.79 Å². The summed E-state index contributed by atoms with van der Waals surface area (Å²) >= 11 is 0. The van der Waals surface area contributed by atoms with Crippen molar-refractivity contribution in [2.75, 3.05) is 19.7 Å². The number of piperidine rings is 1. The van der Waals surface area contributed by atoms with Crippen molar-refractivity contribution < 1.29 is 29.0 Å². The lowest BCUT2D eigenvalue weighted by atomic mass is 9.82. The van der Waals surface area contributed by atoms with Gasteiger partial charge in [0.2, 0.25) is 0 Å². The quantitative estimate of drug-likeness (QED) is 0.295. The Morgan fingerprint density at radius 1 is 1.07 bits per heavy atom. The molecule has 3 aliphatic rings. The van der Waals surface area contributed by atoms with Gasteiger partial charge in [-0.05, 0) is 68.1 Å². The van der Waals surface area contributed by atoms with Crippen molar-refractivity contribution in [1.29, 1.82) is 0 Å². The van der Waals surface area contributed by atoms with Crippen LogP contribution >= 0.6 is 0 Å². The van der Waals surface area contributed by atoms with Crippen LogP contribution < -0.4 is 9.47 Å². The van der Waals surface area contributed by atoms with Crippen molar-refractivity contribution in [3.8, 4) is 22.6 Å². The molecule has 4 aromatic rings. The molecular weight excluding hydrogens is 546 g/mol. The van der Waals surface area contributed by atoms with Crippen molar-refractivity contribution in [1.82, 2.24) is 14.5 Å². The molecule has 2 aromatic carbocycles. The number of fused-ring (bicyclic) bond motifs is 2. The summed E-state index contributed by atoms with van der Waals surface area (Å²) in [4.78, 5) is 44.4. The van der Waals surface area contributed by atoms with Gasteiger partial charge in [0, 0.05) is 67.1 Å². The van der Waals surface area contributed by atoms with Crippen LogP contribution in [0.15, 0.2) is 55.0 Å². The minimum Gasteiger partial charge on any atom is -0.493 e. The molecule has 9 heteroatoms. The number of carboxylic acid groups (broad SMARTS) is 1. The van der Waals surface area contributed by atoms with Crippen LogP contribution in [0.3, 0.4) is 0 Å². The molecule has 0 atom stereocenters. The molecular formula is C34H33N3O6. The highest BCUT2D eigenvalue weighted by Gasteiger charge is 2.44. The van der Waals surface area contributed by atoms with Crippen molar-refractivity contribution >= 4 is 28.6 Å². The molecule has 1 saturated heterocycles. The average molecular weight is 580 g/mol. The van der Waals surface area contributed by atoms with Crippen LogP contribution in [0.5, 0.6) is 11.5 Å². The minimum atomic E-state index is -1.06. The molecule has 9 nitrogen and oxygen atoms in total. The molecule has 0 unspecified atom stereocenters. The van der Waals surface area contributed by atoms with Gasteiger partial charge >= 0.3 is 5.97 Å². The van der Waals surface area contributed by atoms with E-state index in [2.05, 4.69) is 22.7 Å². The van der Waals surface area contributed by atoms with E-state index in [1.165, 1.54) is 6.20 Å². The smallest absolute Gasteiger partial charge is 0.337 e. The zero-order valence-corrected chi connectivity index (χ0v) is 24.3. The summed E-state index contributed by atoms with van der Waals surface area (Å²) < 4.78 is 14.8. The molecule has 2 aromatic heterocycles. The zero-order chi connectivity index (χ0) is 29.9. The second-order valence-corrected chi connectivity index (χ2v) is 11.9. The second-order valence-electron chi connectivity index (χ2n) is 11.9. The first-order valence-electron chi connectivity index (χ1n) is 14.9. The van der Waals surface area contributed by atoms with E-state index in [1.54, 1.807) is 24.4 Å². The van der Waals surface area contributed by atoms with E-state index in [0.29, 0.717) is 66.6 Å². The summed E-state index contributed by atoms with van der Waals surface area (Å²) in [5, 5.41) is 10.4. The van der Waals surface area contributed by atoms with Crippen molar-refractivity contribution in [3.05, 3.63) is 77.2 Å². The number of Topliss-reactive ketones (excluding diaryl/α,β-unsaturated/α-hetero) is 1. The molecule has 1 amide bonds. The topological polar surface area (TPSA) is 111 Å². The molecule has 2 fully saturated rings. The first-order valence-corrected chi connectivity index (χ1v) is 14.9. The van der Waals surface area contributed by atoms with Crippen LogP contribution in [-0.4, -0.2) is 62.5 Å². The number of rotatable bonds is 6. The van der Waals surface area contributed by atoms with Gasteiger partial charge in [0.05, 0.1) is 29.7 Å². The lowest BCUT2D eigenvalue weighted by Gasteiger charge is -2.44. The van der Waals surface area contributed by atoms with Crippen LogP contribution in [0.1, 0.15) is 81.7 Å². The predicted molar refractivity (Wildman–Crippen MR) is 160 cm³/mol. The summed E-state index contributed by atoms with van der Waals surface area (Å²) in [6.45, 7) is 5.53. The number of benzene rings is 2. The van der Waals surface area contributed by atoms with Gasteiger partial charge in [-0.1, -0.05) is 6.07 Å². The molecule has 43 heavy (non-hydrogen) atoms. The fraction of sp³-hybridized carbons (Fsp3) is 0.353. The number of likely N-dealkylation sites (tertiary alicyclic amines) is 1. The largest absolute Gasteiger partial charge is 0.493 e. The van der Waals surface area contributed by atoms with Gasteiger partial charge in [0.25, 0.3) is 5.91 Å². The Kier molecular flexibility index (Phi) is 6.49. The molecule has 1 saturated carbocycles. The fourth-order valence-corrected chi connectivity index (χ4v) is 6.56. The third-order valence-corrected chi connectivity index (χ3v) is 8.94. The summed E-state index contributed by atoms with van der Waals surface area (Å²) in [6.07, 6.45) is 8.68. The Balaban J connectivity index is 1.10. The molecule has 220 valence electrons. The number of nitrogens with zero attached hydrogens (tertiary/aromatic N) is 3. The number of pyridine rings is 1. The van der Waals surface area contributed by atoms with E-state index in [9.17, 15) is 19.5 Å². The van der Waals surface area contributed by atoms with Crippen molar-refractivity contribution in [3.63, 3.8) is 0 Å². The fourth-order valence-electron chi connectivity index (χ4n) is 6.56. The molecule has 4 heterocycles. The van der Waals surface area contributed by atoms with E-state index in [-0.39, 0.29) is 23.7 Å². The Morgan fingerprint density at radius 3 is 2.58 bits per heavy atom.